The van der Waals surface area contributed by atoms with Crippen LogP contribution in [0.25, 0.3) is 0 Å². The van der Waals surface area contributed by atoms with E-state index >= 15 is 0 Å². The highest BCUT2D eigenvalue weighted by Gasteiger charge is 2.18. The van der Waals surface area contributed by atoms with Crippen molar-refractivity contribution in [2.45, 2.75) is 20.3 Å². The minimum absolute atomic E-state index is 0.111. The van der Waals surface area contributed by atoms with Crippen LogP contribution >= 0.6 is 0 Å². The van der Waals surface area contributed by atoms with Gasteiger partial charge in [0.05, 0.1) is 7.11 Å². The van der Waals surface area contributed by atoms with E-state index in [-0.39, 0.29) is 23.6 Å². The normalized spacial score (nSPS) is 11.9. The van der Waals surface area contributed by atoms with Gasteiger partial charge in [0.2, 0.25) is 0 Å². The standard InChI is InChI=1S/C15H24FNO2/c1-15(2,11-18)10-17(3)8-7-12-5-6-14(19-4)13(16)9-12/h5-6,9,18H,7-8,10-11H2,1-4H3. The van der Waals surface area contributed by atoms with Gasteiger partial charge in [-0.1, -0.05) is 19.9 Å². The zero-order chi connectivity index (χ0) is 14.5. The lowest BCUT2D eigenvalue weighted by Gasteiger charge is -2.28. The molecule has 0 aliphatic carbocycles. The second-order valence-corrected chi connectivity index (χ2v) is 5.78. The van der Waals surface area contributed by atoms with Crippen molar-refractivity contribution in [1.82, 2.24) is 4.90 Å². The summed E-state index contributed by atoms with van der Waals surface area (Å²) in [5.74, 6) is -0.0446. The Hall–Kier alpha value is -1.13. The number of halogens is 1. The smallest absolute Gasteiger partial charge is 0.165 e. The van der Waals surface area contributed by atoms with Crippen LogP contribution in [0.5, 0.6) is 5.75 Å². The van der Waals surface area contributed by atoms with Crippen LogP contribution in [0.3, 0.4) is 0 Å². The average Bonchev–Trinajstić information content (AvgIpc) is 2.36. The molecule has 0 amide bonds. The Morgan fingerprint density at radius 3 is 2.58 bits per heavy atom. The van der Waals surface area contributed by atoms with Gasteiger partial charge in [-0.15, -0.1) is 0 Å². The maximum Gasteiger partial charge on any atom is 0.165 e. The van der Waals surface area contributed by atoms with Crippen molar-refractivity contribution in [1.29, 1.82) is 0 Å². The lowest BCUT2D eigenvalue weighted by Crippen LogP contribution is -2.35. The third kappa shape index (κ3) is 5.17. The zero-order valence-electron chi connectivity index (χ0n) is 12.2. The first-order valence-corrected chi connectivity index (χ1v) is 6.50. The Labute approximate surface area is 115 Å². The van der Waals surface area contributed by atoms with Crippen molar-refractivity contribution in [2.75, 3.05) is 33.9 Å². The molecule has 0 saturated carbocycles. The zero-order valence-corrected chi connectivity index (χ0v) is 12.2. The average molecular weight is 269 g/mol. The van der Waals surface area contributed by atoms with Gasteiger partial charge >= 0.3 is 0 Å². The highest BCUT2D eigenvalue weighted by atomic mass is 19.1. The van der Waals surface area contributed by atoms with Gasteiger partial charge in [0.1, 0.15) is 0 Å². The van der Waals surface area contributed by atoms with E-state index < -0.39 is 0 Å². The predicted molar refractivity (Wildman–Crippen MR) is 75.0 cm³/mol. The quantitative estimate of drug-likeness (QED) is 0.824. The summed E-state index contributed by atoms with van der Waals surface area (Å²) in [5.41, 5.74) is 0.840. The van der Waals surface area contributed by atoms with Gasteiger partial charge in [0.25, 0.3) is 0 Å². The Bertz CT molecular complexity index is 407. The summed E-state index contributed by atoms with van der Waals surface area (Å²) in [5, 5.41) is 9.23. The molecule has 0 aliphatic rings. The summed E-state index contributed by atoms with van der Waals surface area (Å²) < 4.78 is 18.4. The molecule has 1 aromatic rings. The third-order valence-corrected chi connectivity index (χ3v) is 3.12. The van der Waals surface area contributed by atoms with Gasteiger partial charge in [-0.2, -0.15) is 0 Å². The van der Waals surface area contributed by atoms with Gasteiger partial charge in [-0.25, -0.2) is 4.39 Å². The number of rotatable bonds is 7. The van der Waals surface area contributed by atoms with Crippen LogP contribution in [0.2, 0.25) is 0 Å². The molecule has 0 fully saturated rings. The van der Waals surface area contributed by atoms with Crippen LogP contribution in [-0.2, 0) is 6.42 Å². The molecule has 0 saturated heterocycles. The maximum atomic E-state index is 13.5. The summed E-state index contributed by atoms with van der Waals surface area (Å²) in [7, 11) is 3.47. The third-order valence-electron chi connectivity index (χ3n) is 3.12. The topological polar surface area (TPSA) is 32.7 Å². The fraction of sp³-hybridized carbons (Fsp3) is 0.600. The van der Waals surface area contributed by atoms with Crippen molar-refractivity contribution in [3.05, 3.63) is 29.6 Å². The lowest BCUT2D eigenvalue weighted by molar-refractivity contribution is 0.116. The summed E-state index contributed by atoms with van der Waals surface area (Å²) in [4.78, 5) is 2.15. The number of ether oxygens (including phenoxy) is 1. The van der Waals surface area contributed by atoms with Crippen molar-refractivity contribution in [2.24, 2.45) is 5.41 Å². The molecule has 0 atom stereocenters. The first kappa shape index (κ1) is 15.9. The number of methoxy groups -OCH3 is 1. The van der Waals surface area contributed by atoms with Gasteiger partial charge in [-0.05, 0) is 31.2 Å². The van der Waals surface area contributed by atoms with E-state index in [2.05, 4.69) is 4.90 Å². The van der Waals surface area contributed by atoms with Crippen LogP contribution in [0.1, 0.15) is 19.4 Å². The Morgan fingerprint density at radius 1 is 1.37 bits per heavy atom. The summed E-state index contributed by atoms with van der Waals surface area (Å²) in [6.45, 7) is 5.85. The van der Waals surface area contributed by atoms with Crippen molar-refractivity contribution < 1.29 is 14.2 Å². The highest BCUT2D eigenvalue weighted by Crippen LogP contribution is 2.19. The molecular formula is C15H24FNO2. The minimum atomic E-state index is -0.321. The number of hydrogen-bond donors (Lipinski definition) is 1. The lowest BCUT2D eigenvalue weighted by atomic mass is 9.94. The molecule has 0 radical (unpaired) electrons. The minimum Gasteiger partial charge on any atom is -0.494 e. The molecule has 0 aromatic heterocycles. The monoisotopic (exact) mass is 269 g/mol. The Balaban J connectivity index is 2.50. The number of aliphatic hydroxyl groups excluding tert-OH is 1. The fourth-order valence-corrected chi connectivity index (χ4v) is 2.05. The molecule has 0 unspecified atom stereocenters. The van der Waals surface area contributed by atoms with Crippen molar-refractivity contribution in [3.8, 4) is 5.75 Å². The summed E-state index contributed by atoms with van der Waals surface area (Å²) >= 11 is 0. The fourth-order valence-electron chi connectivity index (χ4n) is 2.05. The SMILES string of the molecule is COc1ccc(CCN(C)CC(C)(C)CO)cc1F. The van der Waals surface area contributed by atoms with Gasteiger partial charge in [0.15, 0.2) is 11.6 Å². The van der Waals surface area contributed by atoms with Crippen molar-refractivity contribution >= 4 is 0 Å². The molecule has 3 nitrogen and oxygen atoms in total. The molecule has 0 heterocycles. The van der Waals surface area contributed by atoms with Crippen LogP contribution in [0.4, 0.5) is 4.39 Å². The van der Waals surface area contributed by atoms with Crippen LogP contribution in [-0.4, -0.2) is 43.9 Å². The molecule has 19 heavy (non-hydrogen) atoms. The molecule has 0 spiro atoms. The maximum absolute atomic E-state index is 13.5. The first-order chi connectivity index (χ1) is 8.88. The predicted octanol–water partition coefficient (Wildman–Crippen LogP) is 2.33. The van der Waals surface area contributed by atoms with Crippen LogP contribution in [0.15, 0.2) is 18.2 Å². The summed E-state index contributed by atoms with van der Waals surface area (Å²) in [6.07, 6.45) is 0.777. The van der Waals surface area contributed by atoms with Crippen LogP contribution in [0, 0.1) is 11.2 Å². The van der Waals surface area contributed by atoms with Crippen molar-refractivity contribution in [3.63, 3.8) is 0 Å². The van der Waals surface area contributed by atoms with Gasteiger partial charge in [0, 0.05) is 25.1 Å². The molecule has 108 valence electrons. The number of aliphatic hydroxyl groups is 1. The van der Waals surface area contributed by atoms with Crippen LogP contribution < -0.4 is 4.74 Å². The van der Waals surface area contributed by atoms with E-state index in [1.165, 1.54) is 13.2 Å². The van der Waals surface area contributed by atoms with Gasteiger partial charge < -0.3 is 14.7 Å². The first-order valence-electron chi connectivity index (χ1n) is 6.50. The Morgan fingerprint density at radius 2 is 2.05 bits per heavy atom. The largest absolute Gasteiger partial charge is 0.494 e. The molecule has 1 N–H and O–H groups in total. The highest BCUT2D eigenvalue weighted by molar-refractivity contribution is 5.29. The van der Waals surface area contributed by atoms with E-state index in [4.69, 9.17) is 4.74 Å². The molecule has 0 bridgehead atoms. The Kier molecular flexibility index (Phi) is 5.76. The number of benzene rings is 1. The molecule has 1 rings (SSSR count). The van der Waals surface area contributed by atoms with E-state index in [1.54, 1.807) is 6.07 Å². The summed E-state index contributed by atoms with van der Waals surface area (Å²) in [6, 6.07) is 5.05. The molecule has 4 heteroatoms. The molecule has 0 aliphatic heterocycles. The van der Waals surface area contributed by atoms with E-state index in [1.807, 2.05) is 27.0 Å². The van der Waals surface area contributed by atoms with E-state index in [0.717, 1.165) is 25.1 Å². The molecule has 1 aromatic carbocycles. The van der Waals surface area contributed by atoms with Gasteiger partial charge in [-0.3, -0.25) is 0 Å². The number of hydrogen-bond acceptors (Lipinski definition) is 3. The van der Waals surface area contributed by atoms with E-state index in [0.29, 0.717) is 0 Å². The van der Waals surface area contributed by atoms with E-state index in [9.17, 15) is 9.50 Å². The number of nitrogens with zero attached hydrogens (tertiary/aromatic N) is 1. The molecular weight excluding hydrogens is 245 g/mol. The second-order valence-electron chi connectivity index (χ2n) is 5.78. The second kappa shape index (κ2) is 6.87. The number of likely N-dealkylation sites (N-methyl/N-ethyl adjacent to an activating group) is 1.